The third-order valence-electron chi connectivity index (χ3n) is 2.91. The van der Waals surface area contributed by atoms with Gasteiger partial charge in [-0.15, -0.1) is 0 Å². The minimum Gasteiger partial charge on any atom is -0.491 e. The number of carbonyl (C=O) groups is 1. The first-order valence-electron chi connectivity index (χ1n) is 6.11. The molecule has 0 bridgehead atoms. The average Bonchev–Trinajstić information content (AvgIpc) is 2.84. The Balaban J connectivity index is 2.47. The maximum absolute atomic E-state index is 13.0. The van der Waals surface area contributed by atoms with Crippen molar-refractivity contribution in [3.05, 3.63) is 41.5 Å². The first-order valence-corrected chi connectivity index (χ1v) is 6.11. The Morgan fingerprint density at radius 1 is 1.35 bits per heavy atom. The van der Waals surface area contributed by atoms with E-state index in [0.717, 1.165) is 0 Å². The largest absolute Gasteiger partial charge is 0.491 e. The van der Waals surface area contributed by atoms with Crippen molar-refractivity contribution in [2.75, 3.05) is 13.2 Å². The van der Waals surface area contributed by atoms with Crippen LogP contribution in [0.2, 0.25) is 0 Å². The van der Waals surface area contributed by atoms with Crippen LogP contribution in [0.3, 0.4) is 0 Å². The molecule has 1 heterocycles. The fourth-order valence-corrected chi connectivity index (χ4v) is 2.02. The second-order valence-electron chi connectivity index (χ2n) is 4.23. The van der Waals surface area contributed by atoms with E-state index < -0.39 is 30.2 Å². The number of hydrogen-bond acceptors (Lipinski definition) is 3. The zero-order valence-corrected chi connectivity index (χ0v) is 10.7. The summed E-state index contributed by atoms with van der Waals surface area (Å²) in [6.07, 6.45) is -4.54. The normalized spacial score (nSPS) is 18.9. The molecule has 0 spiro atoms. The van der Waals surface area contributed by atoms with Gasteiger partial charge in [-0.1, -0.05) is 30.3 Å². The Morgan fingerprint density at radius 2 is 2.00 bits per heavy atom. The van der Waals surface area contributed by atoms with Crippen LogP contribution in [0, 0.1) is 5.92 Å². The summed E-state index contributed by atoms with van der Waals surface area (Å²) in [4.78, 5) is 11.8. The van der Waals surface area contributed by atoms with E-state index in [4.69, 9.17) is 9.47 Å². The number of carbonyl (C=O) groups excluding carboxylic acids is 1. The highest BCUT2D eigenvalue weighted by Crippen LogP contribution is 2.42. The standard InChI is InChI=1S/C14H13F3O3/c1-2-19-13(18)11-10(14(15,16)17)8-20-12(11)9-6-4-3-5-7-9/h3-7,10H,2,8H2,1H3. The molecule has 6 heteroatoms. The van der Waals surface area contributed by atoms with Crippen LogP contribution in [0.5, 0.6) is 0 Å². The number of esters is 1. The van der Waals surface area contributed by atoms with Gasteiger partial charge >= 0.3 is 12.1 Å². The lowest BCUT2D eigenvalue weighted by molar-refractivity contribution is -0.172. The molecule has 1 aromatic carbocycles. The van der Waals surface area contributed by atoms with Gasteiger partial charge in [0, 0.05) is 5.56 Å². The molecular weight excluding hydrogens is 273 g/mol. The Bertz CT molecular complexity index is 520. The zero-order valence-electron chi connectivity index (χ0n) is 10.7. The quantitative estimate of drug-likeness (QED) is 0.801. The van der Waals surface area contributed by atoms with Crippen molar-refractivity contribution < 1.29 is 27.4 Å². The predicted molar refractivity (Wildman–Crippen MR) is 65.5 cm³/mol. The molecule has 0 aromatic heterocycles. The van der Waals surface area contributed by atoms with Gasteiger partial charge in [-0.05, 0) is 6.92 Å². The molecule has 0 amide bonds. The van der Waals surface area contributed by atoms with Crippen LogP contribution in [0.4, 0.5) is 13.2 Å². The van der Waals surface area contributed by atoms with Crippen molar-refractivity contribution in [2.45, 2.75) is 13.1 Å². The van der Waals surface area contributed by atoms with Crippen LogP contribution < -0.4 is 0 Å². The van der Waals surface area contributed by atoms with Gasteiger partial charge in [0.1, 0.15) is 18.3 Å². The van der Waals surface area contributed by atoms with Crippen molar-refractivity contribution in [1.29, 1.82) is 0 Å². The Kier molecular flexibility index (Phi) is 4.01. The number of halogens is 3. The van der Waals surface area contributed by atoms with Gasteiger partial charge in [0.15, 0.2) is 0 Å². The molecule has 1 atom stereocenters. The van der Waals surface area contributed by atoms with Crippen molar-refractivity contribution in [2.24, 2.45) is 5.92 Å². The van der Waals surface area contributed by atoms with E-state index >= 15 is 0 Å². The molecule has 1 aliphatic rings. The van der Waals surface area contributed by atoms with E-state index in [1.165, 1.54) is 0 Å². The Morgan fingerprint density at radius 3 is 2.55 bits per heavy atom. The first kappa shape index (κ1) is 14.4. The summed E-state index contributed by atoms with van der Waals surface area (Å²) < 4.78 is 48.8. The van der Waals surface area contributed by atoms with Crippen molar-refractivity contribution >= 4 is 11.7 Å². The molecule has 0 saturated heterocycles. The summed E-state index contributed by atoms with van der Waals surface area (Å²) in [6.45, 7) is 0.954. The lowest BCUT2D eigenvalue weighted by Gasteiger charge is -2.15. The molecule has 20 heavy (non-hydrogen) atoms. The van der Waals surface area contributed by atoms with E-state index in [9.17, 15) is 18.0 Å². The highest BCUT2D eigenvalue weighted by molar-refractivity contribution is 5.97. The first-order chi connectivity index (χ1) is 9.45. The molecule has 1 unspecified atom stereocenters. The minimum atomic E-state index is -4.54. The molecule has 108 valence electrons. The Labute approximate surface area is 114 Å². The number of benzene rings is 1. The summed E-state index contributed by atoms with van der Waals surface area (Å²) in [5.41, 5.74) is -0.0205. The predicted octanol–water partition coefficient (Wildman–Crippen LogP) is 3.17. The number of ether oxygens (including phenoxy) is 2. The fourth-order valence-electron chi connectivity index (χ4n) is 2.02. The molecule has 0 radical (unpaired) electrons. The monoisotopic (exact) mass is 286 g/mol. The van der Waals surface area contributed by atoms with Crippen LogP contribution in [0.15, 0.2) is 35.9 Å². The van der Waals surface area contributed by atoms with Gasteiger partial charge in [0.05, 0.1) is 12.2 Å². The smallest absolute Gasteiger partial charge is 0.399 e. The lowest BCUT2D eigenvalue weighted by atomic mass is 9.98. The summed E-state index contributed by atoms with van der Waals surface area (Å²) >= 11 is 0. The second kappa shape index (κ2) is 5.56. The highest BCUT2D eigenvalue weighted by atomic mass is 19.4. The van der Waals surface area contributed by atoms with Gasteiger partial charge in [0.25, 0.3) is 0 Å². The summed E-state index contributed by atoms with van der Waals surface area (Å²) in [7, 11) is 0. The molecule has 1 aliphatic heterocycles. The summed E-state index contributed by atoms with van der Waals surface area (Å²) in [5.74, 6) is -2.98. The molecule has 2 rings (SSSR count). The number of alkyl halides is 3. The average molecular weight is 286 g/mol. The van der Waals surface area contributed by atoms with Crippen LogP contribution in [0.1, 0.15) is 12.5 Å². The van der Waals surface area contributed by atoms with Crippen LogP contribution in [-0.4, -0.2) is 25.4 Å². The van der Waals surface area contributed by atoms with E-state index in [1.807, 2.05) is 0 Å². The number of hydrogen-bond donors (Lipinski definition) is 0. The molecule has 3 nitrogen and oxygen atoms in total. The lowest BCUT2D eigenvalue weighted by Crippen LogP contribution is -2.29. The Hall–Kier alpha value is -1.98. The summed E-state index contributed by atoms with van der Waals surface area (Å²) in [6, 6.07) is 8.23. The second-order valence-corrected chi connectivity index (χ2v) is 4.23. The van der Waals surface area contributed by atoms with Gasteiger partial charge in [0.2, 0.25) is 0 Å². The topological polar surface area (TPSA) is 35.5 Å². The molecule has 0 fully saturated rings. The minimum absolute atomic E-state index is 0.00891. The fraction of sp³-hybridized carbons (Fsp3) is 0.357. The number of rotatable bonds is 3. The highest BCUT2D eigenvalue weighted by Gasteiger charge is 2.50. The van der Waals surface area contributed by atoms with Gasteiger partial charge in [-0.25, -0.2) is 4.79 Å². The van der Waals surface area contributed by atoms with Crippen molar-refractivity contribution in [3.63, 3.8) is 0 Å². The maximum atomic E-state index is 13.0. The molecule has 0 N–H and O–H groups in total. The van der Waals surface area contributed by atoms with Gasteiger partial charge in [-0.3, -0.25) is 0 Å². The van der Waals surface area contributed by atoms with Crippen molar-refractivity contribution in [3.8, 4) is 0 Å². The van der Waals surface area contributed by atoms with E-state index in [2.05, 4.69) is 0 Å². The molecule has 0 saturated carbocycles. The molecule has 0 aliphatic carbocycles. The van der Waals surface area contributed by atoms with Crippen LogP contribution in [0.25, 0.3) is 5.76 Å². The third-order valence-corrected chi connectivity index (χ3v) is 2.91. The molecule has 1 aromatic rings. The van der Waals surface area contributed by atoms with Crippen LogP contribution in [-0.2, 0) is 14.3 Å². The van der Waals surface area contributed by atoms with Crippen LogP contribution >= 0.6 is 0 Å². The van der Waals surface area contributed by atoms with E-state index in [1.54, 1.807) is 37.3 Å². The summed E-state index contributed by atoms with van der Waals surface area (Å²) in [5, 5.41) is 0. The van der Waals surface area contributed by atoms with Gasteiger partial charge < -0.3 is 9.47 Å². The zero-order chi connectivity index (χ0) is 14.8. The maximum Gasteiger partial charge on any atom is 0.399 e. The van der Waals surface area contributed by atoms with Crippen molar-refractivity contribution in [1.82, 2.24) is 0 Å². The third kappa shape index (κ3) is 2.79. The molecular formula is C14H13F3O3. The van der Waals surface area contributed by atoms with E-state index in [0.29, 0.717) is 5.56 Å². The van der Waals surface area contributed by atoms with Gasteiger partial charge in [-0.2, -0.15) is 13.2 Å². The SMILES string of the molecule is CCOC(=O)C1=C(c2ccccc2)OCC1C(F)(F)F. The van der Waals surface area contributed by atoms with E-state index in [-0.39, 0.29) is 12.4 Å².